The molecule has 0 atom stereocenters. The molecule has 0 saturated heterocycles. The van der Waals surface area contributed by atoms with Crippen molar-refractivity contribution < 1.29 is 18.0 Å². The van der Waals surface area contributed by atoms with Crippen LogP contribution in [0.25, 0.3) is 32.6 Å². The van der Waals surface area contributed by atoms with Crippen molar-refractivity contribution in [1.29, 1.82) is 0 Å². The van der Waals surface area contributed by atoms with Crippen LogP contribution in [-0.4, -0.2) is 50.0 Å². The third-order valence-electron chi connectivity index (χ3n) is 7.58. The lowest BCUT2D eigenvalue weighted by Crippen LogP contribution is -2.43. The van der Waals surface area contributed by atoms with Gasteiger partial charge in [0.25, 0.3) is 0 Å². The Labute approximate surface area is 221 Å². The number of aryl methyl sites for hydroxylation is 1. The molecular formula is C27H27F3N6OS. The van der Waals surface area contributed by atoms with E-state index in [4.69, 9.17) is 4.98 Å². The molecule has 7 nitrogen and oxygen atoms in total. The predicted molar refractivity (Wildman–Crippen MR) is 140 cm³/mol. The van der Waals surface area contributed by atoms with Gasteiger partial charge in [-0.2, -0.15) is 0 Å². The van der Waals surface area contributed by atoms with Crippen LogP contribution in [0.4, 0.5) is 18.0 Å². The number of carbonyl (C=O) groups excluding carboxylic acids is 1. The average Bonchev–Trinajstić information content (AvgIpc) is 3.51. The summed E-state index contributed by atoms with van der Waals surface area (Å²) < 4.78 is 45.5. The molecule has 11 heteroatoms. The molecule has 1 aliphatic carbocycles. The minimum absolute atomic E-state index is 0.147. The monoisotopic (exact) mass is 540 g/mol. The highest BCUT2D eigenvalue weighted by molar-refractivity contribution is 7.15. The minimum atomic E-state index is -2.66. The molecule has 1 aliphatic heterocycles. The molecular weight excluding hydrogens is 513 g/mol. The summed E-state index contributed by atoms with van der Waals surface area (Å²) in [5, 5.41) is 4.99. The fraction of sp³-hybridized carbons (Fsp3) is 0.407. The van der Waals surface area contributed by atoms with Gasteiger partial charge in [-0.15, -0.1) is 11.3 Å². The highest BCUT2D eigenvalue weighted by atomic mass is 32.1. The van der Waals surface area contributed by atoms with Crippen LogP contribution < -0.4 is 5.32 Å². The zero-order valence-electron chi connectivity index (χ0n) is 21.1. The Balaban J connectivity index is 1.49. The number of urea groups is 1. The second-order valence-electron chi connectivity index (χ2n) is 9.98. The molecule has 2 amide bonds. The van der Waals surface area contributed by atoms with Crippen LogP contribution in [0.3, 0.4) is 0 Å². The number of aromatic nitrogens is 4. The zero-order valence-corrected chi connectivity index (χ0v) is 21.9. The summed E-state index contributed by atoms with van der Waals surface area (Å²) in [6.45, 7) is 3.09. The van der Waals surface area contributed by atoms with Gasteiger partial charge in [-0.25, -0.2) is 27.9 Å². The molecule has 198 valence electrons. The van der Waals surface area contributed by atoms with Gasteiger partial charge in [0.05, 0.1) is 33.5 Å². The smallest absolute Gasteiger partial charge is 0.317 e. The fourth-order valence-electron chi connectivity index (χ4n) is 5.59. The summed E-state index contributed by atoms with van der Waals surface area (Å²) in [5.41, 5.74) is 2.22. The van der Waals surface area contributed by atoms with Crippen molar-refractivity contribution in [1.82, 2.24) is 29.7 Å². The standard InChI is InChI=1S/C27H27F3N6OS/c1-15-32-13-22(38-15)20-11-17-3-4-19(28)23(18(17)12-33-20)24-21-14-35(26(37)31-2)9-10-36(21)25(34-24)16-5-7-27(29,30)8-6-16/h3-4,11-13,16H,5-10,14H2,1-2H3,(H,31,37). The molecule has 2 aliphatic rings. The Kier molecular flexibility index (Phi) is 6.13. The van der Waals surface area contributed by atoms with Crippen LogP contribution in [0.5, 0.6) is 0 Å². The lowest BCUT2D eigenvalue weighted by atomic mass is 9.86. The summed E-state index contributed by atoms with van der Waals surface area (Å²) in [7, 11) is 1.57. The van der Waals surface area contributed by atoms with Gasteiger partial charge < -0.3 is 14.8 Å². The molecule has 1 saturated carbocycles. The van der Waals surface area contributed by atoms with Crippen molar-refractivity contribution in [3.05, 3.63) is 52.9 Å². The van der Waals surface area contributed by atoms with E-state index >= 15 is 4.39 Å². The number of nitrogens with zero attached hydrogens (tertiary/aromatic N) is 5. The Morgan fingerprint density at radius 1 is 1.16 bits per heavy atom. The second kappa shape index (κ2) is 9.37. The van der Waals surface area contributed by atoms with Crippen molar-refractivity contribution in [3.8, 4) is 21.8 Å². The summed E-state index contributed by atoms with van der Waals surface area (Å²) in [5.74, 6) is -2.55. The summed E-state index contributed by atoms with van der Waals surface area (Å²) in [4.78, 5) is 28.9. The van der Waals surface area contributed by atoms with Gasteiger partial charge in [-0.1, -0.05) is 6.07 Å². The van der Waals surface area contributed by atoms with Crippen LogP contribution in [-0.2, 0) is 13.1 Å². The third kappa shape index (κ3) is 4.32. The van der Waals surface area contributed by atoms with E-state index in [-0.39, 0.29) is 31.3 Å². The van der Waals surface area contributed by atoms with Crippen LogP contribution in [0.2, 0.25) is 0 Å². The second-order valence-corrected chi connectivity index (χ2v) is 11.2. The van der Waals surface area contributed by atoms with E-state index in [1.807, 2.05) is 17.6 Å². The van der Waals surface area contributed by atoms with E-state index in [1.165, 1.54) is 17.4 Å². The summed E-state index contributed by atoms with van der Waals surface area (Å²) >= 11 is 1.54. The summed E-state index contributed by atoms with van der Waals surface area (Å²) in [6, 6.07) is 4.82. The minimum Gasteiger partial charge on any atom is -0.341 e. The first-order valence-corrected chi connectivity index (χ1v) is 13.5. The highest BCUT2D eigenvalue weighted by Gasteiger charge is 2.39. The van der Waals surface area contributed by atoms with Crippen LogP contribution in [0, 0.1) is 12.7 Å². The number of imidazole rings is 1. The number of rotatable bonds is 3. The number of benzene rings is 1. The zero-order chi connectivity index (χ0) is 26.6. The average molecular weight is 541 g/mol. The number of alkyl halides is 2. The number of hydrogen-bond donors (Lipinski definition) is 1. The molecule has 4 aromatic rings. The van der Waals surface area contributed by atoms with E-state index in [0.717, 1.165) is 21.0 Å². The quantitative estimate of drug-likeness (QED) is 0.340. The normalized spacial score (nSPS) is 17.6. The number of nitrogens with one attached hydrogen (secondary N) is 1. The fourth-order valence-corrected chi connectivity index (χ4v) is 6.33. The topological polar surface area (TPSA) is 75.9 Å². The molecule has 1 aromatic carbocycles. The van der Waals surface area contributed by atoms with Gasteiger partial charge in [0, 0.05) is 62.2 Å². The molecule has 0 radical (unpaired) electrons. The third-order valence-corrected chi connectivity index (χ3v) is 8.52. The Bertz CT molecular complexity index is 1540. The van der Waals surface area contributed by atoms with Crippen molar-refractivity contribution in [3.63, 3.8) is 0 Å². The van der Waals surface area contributed by atoms with Crippen molar-refractivity contribution in [2.45, 2.75) is 57.5 Å². The first-order valence-electron chi connectivity index (χ1n) is 12.7. The Morgan fingerprint density at radius 2 is 1.95 bits per heavy atom. The van der Waals surface area contributed by atoms with E-state index < -0.39 is 11.7 Å². The number of pyridine rings is 1. The molecule has 1 N–H and O–H groups in total. The van der Waals surface area contributed by atoms with Gasteiger partial charge in [0.1, 0.15) is 11.6 Å². The number of amides is 2. The molecule has 0 spiro atoms. The first kappa shape index (κ1) is 24.8. The van der Waals surface area contributed by atoms with E-state index in [0.29, 0.717) is 54.1 Å². The van der Waals surface area contributed by atoms with Crippen LogP contribution in [0.15, 0.2) is 30.6 Å². The van der Waals surface area contributed by atoms with Crippen molar-refractivity contribution in [2.24, 2.45) is 0 Å². The molecule has 6 rings (SSSR count). The van der Waals surface area contributed by atoms with E-state index in [1.54, 1.807) is 30.4 Å². The lowest BCUT2D eigenvalue weighted by Gasteiger charge is -2.32. The van der Waals surface area contributed by atoms with Gasteiger partial charge in [-0.05, 0) is 37.3 Å². The van der Waals surface area contributed by atoms with Gasteiger partial charge in [-0.3, -0.25) is 4.98 Å². The number of fused-ring (bicyclic) bond motifs is 2. The Hall–Kier alpha value is -3.47. The van der Waals surface area contributed by atoms with Gasteiger partial charge in [0.15, 0.2) is 0 Å². The molecule has 0 unspecified atom stereocenters. The van der Waals surface area contributed by atoms with Gasteiger partial charge >= 0.3 is 6.03 Å². The lowest BCUT2D eigenvalue weighted by molar-refractivity contribution is -0.0390. The maximum Gasteiger partial charge on any atom is 0.317 e. The predicted octanol–water partition coefficient (Wildman–Crippen LogP) is 6.12. The highest BCUT2D eigenvalue weighted by Crippen LogP contribution is 2.43. The maximum absolute atomic E-state index is 15.6. The SMILES string of the molecule is CNC(=O)N1CCn2c(C3CCC(F)(F)CC3)nc(-c3c(F)ccc4cc(-c5cnc(C)s5)ncc34)c2C1. The molecule has 3 aromatic heterocycles. The molecule has 0 bridgehead atoms. The van der Waals surface area contributed by atoms with Crippen molar-refractivity contribution in [2.75, 3.05) is 13.6 Å². The van der Waals surface area contributed by atoms with E-state index in [9.17, 15) is 13.6 Å². The number of thiazole rings is 1. The number of carbonyl (C=O) groups is 1. The largest absolute Gasteiger partial charge is 0.341 e. The molecule has 4 heterocycles. The number of hydrogen-bond acceptors (Lipinski definition) is 5. The first-order chi connectivity index (χ1) is 18.2. The van der Waals surface area contributed by atoms with Crippen molar-refractivity contribution >= 4 is 28.1 Å². The molecule has 1 fully saturated rings. The number of halogens is 3. The Morgan fingerprint density at radius 3 is 2.66 bits per heavy atom. The van der Waals surface area contributed by atoms with Gasteiger partial charge in [0.2, 0.25) is 5.92 Å². The maximum atomic E-state index is 15.6. The van der Waals surface area contributed by atoms with Crippen LogP contribution in [0.1, 0.15) is 48.1 Å². The van der Waals surface area contributed by atoms with Crippen LogP contribution >= 0.6 is 11.3 Å². The molecule has 38 heavy (non-hydrogen) atoms. The summed E-state index contributed by atoms with van der Waals surface area (Å²) in [6.07, 6.45) is 3.69. The van der Waals surface area contributed by atoms with E-state index in [2.05, 4.69) is 15.3 Å².